The van der Waals surface area contributed by atoms with E-state index in [1.807, 2.05) is 18.2 Å². The van der Waals surface area contributed by atoms with E-state index in [-0.39, 0.29) is 5.75 Å². The van der Waals surface area contributed by atoms with Gasteiger partial charge in [-0.15, -0.1) is 11.3 Å². The van der Waals surface area contributed by atoms with Crippen LogP contribution in [0.15, 0.2) is 91.0 Å². The van der Waals surface area contributed by atoms with Crippen LogP contribution in [0.1, 0.15) is 39.1 Å². The van der Waals surface area contributed by atoms with Gasteiger partial charge in [-0.25, -0.2) is 0 Å². The molecule has 0 saturated heterocycles. The molecule has 1 aromatic heterocycles. The summed E-state index contributed by atoms with van der Waals surface area (Å²) in [6, 6.07) is 28.3. The molecule has 1 atom stereocenters. The number of hydrogen-bond acceptors (Lipinski definition) is 2. The second-order valence-electron chi connectivity index (χ2n) is 11.4. The summed E-state index contributed by atoms with van der Waals surface area (Å²) < 4.78 is 39.2. The molecule has 2 aliphatic rings. The second kappa shape index (κ2) is 10.3. The number of halogens is 3. The van der Waals surface area contributed by atoms with E-state index < -0.39 is 11.7 Å². The van der Waals surface area contributed by atoms with Crippen molar-refractivity contribution in [1.82, 2.24) is 0 Å². The van der Waals surface area contributed by atoms with E-state index in [0.29, 0.717) is 5.92 Å². The van der Waals surface area contributed by atoms with Gasteiger partial charge >= 0.3 is 6.18 Å². The van der Waals surface area contributed by atoms with E-state index in [1.54, 1.807) is 29.5 Å². The maximum absolute atomic E-state index is 13.1. The van der Waals surface area contributed by atoms with Gasteiger partial charge in [0.1, 0.15) is 5.75 Å². The number of hydrogen-bond donors (Lipinski definition) is 1. The molecular formula is C37H29F3OS. The van der Waals surface area contributed by atoms with Gasteiger partial charge in [-0.05, 0) is 129 Å². The van der Waals surface area contributed by atoms with Crippen LogP contribution in [0.5, 0.6) is 5.75 Å². The van der Waals surface area contributed by atoms with Crippen molar-refractivity contribution in [2.45, 2.75) is 38.8 Å². The Bertz CT molecular complexity index is 2050. The molecule has 0 aliphatic heterocycles. The summed E-state index contributed by atoms with van der Waals surface area (Å²) in [7, 11) is 0. The number of rotatable bonds is 4. The third kappa shape index (κ3) is 4.86. The SMILES string of the molecule is Cc1ccc(O)cc1C1=c2ccc3c(c2CC(Cc2ccc(-c4ccc(C(F)(F)F)cc4)s2)C1)CC=c1ccccc1=3. The van der Waals surface area contributed by atoms with Gasteiger partial charge in [0, 0.05) is 9.75 Å². The largest absolute Gasteiger partial charge is 0.508 e. The van der Waals surface area contributed by atoms with Crippen molar-refractivity contribution in [3.05, 3.63) is 145 Å². The number of phenols is 1. The number of aromatic hydroxyl groups is 1. The molecule has 5 aromatic rings. The van der Waals surface area contributed by atoms with Crippen molar-refractivity contribution in [3.63, 3.8) is 0 Å². The van der Waals surface area contributed by atoms with Crippen molar-refractivity contribution in [3.8, 4) is 16.2 Å². The molecule has 0 bridgehead atoms. The van der Waals surface area contributed by atoms with Gasteiger partial charge in [0.15, 0.2) is 0 Å². The molecule has 0 saturated carbocycles. The van der Waals surface area contributed by atoms with Gasteiger partial charge in [0.05, 0.1) is 5.56 Å². The van der Waals surface area contributed by atoms with Gasteiger partial charge in [-0.3, -0.25) is 0 Å². The van der Waals surface area contributed by atoms with Crippen LogP contribution in [0.25, 0.3) is 22.1 Å². The first-order chi connectivity index (χ1) is 20.2. The summed E-state index contributed by atoms with van der Waals surface area (Å²) in [6.45, 7) is 2.10. The van der Waals surface area contributed by atoms with Crippen LogP contribution in [-0.2, 0) is 25.4 Å². The van der Waals surface area contributed by atoms with Crippen LogP contribution < -0.4 is 10.4 Å². The lowest BCUT2D eigenvalue weighted by Crippen LogP contribution is -2.28. The minimum Gasteiger partial charge on any atom is -0.508 e. The van der Waals surface area contributed by atoms with Crippen LogP contribution in [0.4, 0.5) is 13.2 Å². The van der Waals surface area contributed by atoms with Crippen LogP contribution >= 0.6 is 11.3 Å². The van der Waals surface area contributed by atoms with Crippen LogP contribution in [0.2, 0.25) is 0 Å². The number of benzene rings is 4. The van der Waals surface area contributed by atoms with Crippen LogP contribution in [0, 0.1) is 23.3 Å². The minimum atomic E-state index is -4.34. The van der Waals surface area contributed by atoms with Gasteiger partial charge in [0.25, 0.3) is 0 Å². The highest BCUT2D eigenvalue weighted by Gasteiger charge is 2.30. The Hall–Kier alpha value is -4.09. The lowest BCUT2D eigenvalue weighted by atomic mass is 9.77. The van der Waals surface area contributed by atoms with E-state index in [4.69, 9.17) is 0 Å². The zero-order valence-corrected chi connectivity index (χ0v) is 23.9. The summed E-state index contributed by atoms with van der Waals surface area (Å²) in [4.78, 5) is 2.21. The average Bonchev–Trinajstić information content (AvgIpc) is 3.45. The molecule has 1 unspecified atom stereocenters. The standard InChI is InChI=1S/C37H29F3OS/c1-22-6-12-27(41)21-33(22)35-20-23(18-28-13-17-36(42-28)25-7-10-26(11-8-25)37(38,39)40)19-34-31-14-9-24-4-2-3-5-29(24)30(31)15-16-32(34)35/h2-13,15-17,21,23,41H,14,18-20H2,1H3. The highest BCUT2D eigenvalue weighted by Crippen LogP contribution is 2.37. The highest BCUT2D eigenvalue weighted by molar-refractivity contribution is 7.15. The molecular weight excluding hydrogens is 549 g/mol. The van der Waals surface area contributed by atoms with Crippen molar-refractivity contribution < 1.29 is 18.3 Å². The Morgan fingerprint density at radius 3 is 2.40 bits per heavy atom. The predicted octanol–water partition coefficient (Wildman–Crippen LogP) is 8.08. The maximum Gasteiger partial charge on any atom is 0.416 e. The molecule has 1 nitrogen and oxygen atoms in total. The third-order valence-corrected chi connectivity index (χ3v) is 9.87. The zero-order valence-electron chi connectivity index (χ0n) is 23.1. The quantitative estimate of drug-likeness (QED) is 0.229. The maximum atomic E-state index is 13.1. The number of phenolic OH excluding ortho intramolecular Hbond substituents is 1. The average molecular weight is 579 g/mol. The normalized spacial score (nSPS) is 15.9. The van der Waals surface area contributed by atoms with E-state index in [1.165, 1.54) is 42.5 Å². The Morgan fingerprint density at radius 1 is 0.810 bits per heavy atom. The molecule has 0 amide bonds. The molecule has 1 heterocycles. The zero-order chi connectivity index (χ0) is 29.0. The second-order valence-corrected chi connectivity index (χ2v) is 12.6. The first kappa shape index (κ1) is 26.8. The van der Waals surface area contributed by atoms with Crippen molar-refractivity contribution in [2.24, 2.45) is 5.92 Å². The Morgan fingerprint density at radius 2 is 1.60 bits per heavy atom. The molecule has 0 fully saturated rings. The number of fused-ring (bicyclic) bond motifs is 4. The summed E-state index contributed by atoms with van der Waals surface area (Å²) in [5.41, 5.74) is 6.48. The van der Waals surface area contributed by atoms with E-state index in [9.17, 15) is 18.3 Å². The lowest BCUT2D eigenvalue weighted by molar-refractivity contribution is -0.137. The predicted molar refractivity (Wildman–Crippen MR) is 164 cm³/mol. The van der Waals surface area contributed by atoms with Crippen molar-refractivity contribution in [1.29, 1.82) is 0 Å². The monoisotopic (exact) mass is 578 g/mol. The Labute approximate surface area is 246 Å². The molecule has 4 aromatic carbocycles. The summed E-state index contributed by atoms with van der Waals surface area (Å²) in [5.74, 6) is 0.628. The molecule has 0 radical (unpaired) electrons. The molecule has 0 spiro atoms. The van der Waals surface area contributed by atoms with Crippen molar-refractivity contribution in [2.75, 3.05) is 0 Å². The molecule has 2 aliphatic carbocycles. The summed E-state index contributed by atoms with van der Waals surface area (Å²) in [5, 5.41) is 15.6. The van der Waals surface area contributed by atoms with Gasteiger partial charge in [-0.2, -0.15) is 13.2 Å². The number of aryl methyl sites for hydroxylation is 1. The molecule has 7 rings (SSSR count). The van der Waals surface area contributed by atoms with Crippen molar-refractivity contribution >= 4 is 23.0 Å². The number of alkyl halides is 3. The highest BCUT2D eigenvalue weighted by atomic mass is 32.1. The lowest BCUT2D eigenvalue weighted by Gasteiger charge is -2.28. The third-order valence-electron chi connectivity index (χ3n) is 8.71. The molecule has 42 heavy (non-hydrogen) atoms. The van der Waals surface area contributed by atoms with Gasteiger partial charge < -0.3 is 5.11 Å². The van der Waals surface area contributed by atoms with E-state index in [0.717, 1.165) is 59.4 Å². The fourth-order valence-electron chi connectivity index (χ4n) is 6.67. The smallest absolute Gasteiger partial charge is 0.416 e. The first-order valence-electron chi connectivity index (χ1n) is 14.2. The Balaban J connectivity index is 1.29. The minimum absolute atomic E-state index is 0.270. The molecule has 210 valence electrons. The van der Waals surface area contributed by atoms with Crippen LogP contribution in [0.3, 0.4) is 0 Å². The fourth-order valence-corrected chi connectivity index (χ4v) is 7.80. The summed E-state index contributed by atoms with van der Waals surface area (Å²) >= 11 is 1.66. The number of thiophene rings is 1. The molecule has 5 heteroatoms. The fraction of sp³-hybridized carbons (Fsp3) is 0.189. The van der Waals surface area contributed by atoms with Gasteiger partial charge in [-0.1, -0.05) is 60.7 Å². The van der Waals surface area contributed by atoms with Crippen LogP contribution in [-0.4, -0.2) is 5.11 Å². The topological polar surface area (TPSA) is 20.2 Å². The Kier molecular flexibility index (Phi) is 6.58. The van der Waals surface area contributed by atoms with Gasteiger partial charge in [0.2, 0.25) is 0 Å². The molecule has 1 N–H and O–H groups in total. The van der Waals surface area contributed by atoms with E-state index >= 15 is 0 Å². The first-order valence-corrected chi connectivity index (χ1v) is 15.1. The summed E-state index contributed by atoms with van der Waals surface area (Å²) in [6.07, 6.45) is 1.63. The van der Waals surface area contributed by atoms with E-state index in [2.05, 4.69) is 55.5 Å².